The summed E-state index contributed by atoms with van der Waals surface area (Å²) in [4.78, 5) is 0. The molecule has 2 heterocycles. The van der Waals surface area contributed by atoms with Gasteiger partial charge in [0, 0.05) is 0 Å². The molecule has 286 valence electrons. The van der Waals surface area contributed by atoms with E-state index in [0.29, 0.717) is 9.50 Å². The molecule has 0 N–H and O–H groups in total. The van der Waals surface area contributed by atoms with Gasteiger partial charge >= 0.3 is 329 Å². The van der Waals surface area contributed by atoms with Crippen molar-refractivity contribution in [3.63, 3.8) is 0 Å². The monoisotopic (exact) mass is 942 g/mol. The van der Waals surface area contributed by atoms with Crippen molar-refractivity contribution >= 4 is 91.8 Å². The first-order valence-electron chi connectivity index (χ1n) is 20.1. The maximum atomic E-state index is 8.31. The number of benzene rings is 1. The molecule has 12 heteroatoms. The predicted octanol–water partition coefficient (Wildman–Crippen LogP) is 13.7. The third kappa shape index (κ3) is 7.35. The van der Waals surface area contributed by atoms with Gasteiger partial charge < -0.3 is 0 Å². The van der Waals surface area contributed by atoms with Crippen molar-refractivity contribution < 1.29 is 7.53 Å². The molecule has 2 atom stereocenters. The molecule has 50 heavy (non-hydrogen) atoms. The van der Waals surface area contributed by atoms with E-state index in [4.69, 9.17) is 7.53 Å². The first-order chi connectivity index (χ1) is 21.9. The fourth-order valence-electron chi connectivity index (χ4n) is 15.0. The first-order valence-corrected chi connectivity index (χ1v) is 57.7. The second-order valence-corrected chi connectivity index (χ2v) is 95.8. The minimum absolute atomic E-state index is 0.527. The van der Waals surface area contributed by atoms with Crippen LogP contribution in [0.2, 0.25) is 173 Å². The quantitative estimate of drug-likeness (QED) is 0.154. The molecule has 2 aliphatic heterocycles. The van der Waals surface area contributed by atoms with Crippen LogP contribution in [0.4, 0.5) is 0 Å². The van der Waals surface area contributed by atoms with Crippen LogP contribution in [-0.2, 0) is 0 Å². The maximum absolute atomic E-state index is 8.31. The summed E-state index contributed by atoms with van der Waals surface area (Å²) in [5, 5.41) is 0. The SMILES string of the molecule is C[Si](C)(C)[CH]([Si](C)(C)C)[Ge]1([CH]([Si](C)(C)C)[Si](C)(C)C)[O]c2ccc3c4c2[C@H]1C=C[C@H]4[Ge]([CH]([Si](C)(C)C)[Si](C)(C)C)([CH]([Si](C)(C)C)[Si](C)(C)C)[O]3. The normalized spacial score (nSPS) is 22.5. The fraction of sp³-hybridized carbons (Fsp3) is 0.789. The van der Waals surface area contributed by atoms with Crippen molar-refractivity contribution in [2.75, 3.05) is 0 Å². The Morgan fingerprint density at radius 3 is 0.700 bits per heavy atom. The van der Waals surface area contributed by atoms with Crippen LogP contribution in [0.5, 0.6) is 11.5 Å². The van der Waals surface area contributed by atoms with Crippen molar-refractivity contribution in [1.29, 1.82) is 0 Å². The zero-order valence-electron chi connectivity index (χ0n) is 37.6. The van der Waals surface area contributed by atoms with Gasteiger partial charge in [0.25, 0.3) is 0 Å². The number of allylic oxidation sites excluding steroid dienone is 2. The Morgan fingerprint density at radius 2 is 0.540 bits per heavy atom. The van der Waals surface area contributed by atoms with Crippen LogP contribution in [-0.4, -0.2) is 91.8 Å². The summed E-state index contributed by atoms with van der Waals surface area (Å²) in [6.07, 6.45) is 5.86. The van der Waals surface area contributed by atoms with E-state index in [1.807, 2.05) is 0 Å². The van der Waals surface area contributed by atoms with Gasteiger partial charge in [-0.2, -0.15) is 0 Å². The summed E-state index contributed by atoms with van der Waals surface area (Å²) >= 11 is -6.53. The Kier molecular flexibility index (Phi) is 11.4. The van der Waals surface area contributed by atoms with Crippen LogP contribution in [0, 0.1) is 0 Å². The molecule has 0 saturated carbocycles. The van der Waals surface area contributed by atoms with Crippen LogP contribution in [0.1, 0.15) is 20.6 Å². The van der Waals surface area contributed by atoms with Gasteiger partial charge in [0.15, 0.2) is 0 Å². The molecule has 1 aliphatic carbocycles. The van der Waals surface area contributed by atoms with E-state index in [1.165, 1.54) is 11.5 Å². The van der Waals surface area contributed by atoms with Gasteiger partial charge in [0.2, 0.25) is 0 Å². The van der Waals surface area contributed by atoms with Gasteiger partial charge in [0.05, 0.1) is 0 Å². The summed E-state index contributed by atoms with van der Waals surface area (Å²) < 4.78 is 21.1. The third-order valence-corrected chi connectivity index (χ3v) is 126. The van der Waals surface area contributed by atoms with Crippen LogP contribution >= 0.6 is 0 Å². The summed E-state index contributed by atoms with van der Waals surface area (Å²) in [6, 6.07) is 4.96. The molecule has 0 bridgehead atoms. The number of hydrogen-bond acceptors (Lipinski definition) is 2. The first kappa shape index (κ1) is 44.1. The minimum atomic E-state index is -3.26. The van der Waals surface area contributed by atoms with Gasteiger partial charge in [-0.25, -0.2) is 0 Å². The molecule has 4 rings (SSSR count). The van der Waals surface area contributed by atoms with E-state index in [1.54, 1.807) is 11.1 Å². The molecule has 0 amide bonds. The van der Waals surface area contributed by atoms with Crippen molar-refractivity contribution in [3.05, 3.63) is 35.4 Å². The Balaban J connectivity index is 2.21. The molecule has 0 aromatic heterocycles. The van der Waals surface area contributed by atoms with Crippen LogP contribution < -0.4 is 7.53 Å². The second-order valence-electron chi connectivity index (χ2n) is 25.8. The molecule has 3 aliphatic rings. The molecule has 0 fully saturated rings. The van der Waals surface area contributed by atoms with Crippen LogP contribution in [0.3, 0.4) is 0 Å². The van der Waals surface area contributed by atoms with E-state index in [-0.39, 0.29) is 0 Å². The average Bonchev–Trinajstić information content (AvgIpc) is 3.23. The van der Waals surface area contributed by atoms with Crippen LogP contribution in [0.15, 0.2) is 24.3 Å². The fourth-order valence-corrected chi connectivity index (χ4v) is 172. The molecule has 0 radical (unpaired) electrons. The van der Waals surface area contributed by atoms with Crippen molar-refractivity contribution in [3.8, 4) is 11.5 Å². The zero-order chi connectivity index (χ0) is 39.0. The Bertz CT molecular complexity index is 1260. The van der Waals surface area contributed by atoms with E-state index in [0.717, 1.165) is 16.0 Å². The molecular formula is C38H82Ge2O2Si8. The summed E-state index contributed by atoms with van der Waals surface area (Å²) in [5.41, 5.74) is 3.39. The molecule has 0 saturated heterocycles. The van der Waals surface area contributed by atoms with Crippen LogP contribution in [0.25, 0.3) is 0 Å². The topological polar surface area (TPSA) is 18.5 Å². The molecule has 1 aromatic rings. The van der Waals surface area contributed by atoms with Gasteiger partial charge in [-0.3, -0.25) is 0 Å². The molecule has 1 aromatic carbocycles. The van der Waals surface area contributed by atoms with Crippen molar-refractivity contribution in [1.82, 2.24) is 0 Å². The van der Waals surface area contributed by atoms with Gasteiger partial charge in [-0.05, 0) is 0 Å². The van der Waals surface area contributed by atoms with Gasteiger partial charge in [0.1, 0.15) is 0 Å². The summed E-state index contributed by atoms with van der Waals surface area (Å²) in [5.74, 6) is 2.67. The Hall–Kier alpha value is 1.38. The third-order valence-electron chi connectivity index (χ3n) is 12.6. The Labute approximate surface area is 326 Å². The molecule has 2 nitrogen and oxygen atoms in total. The number of rotatable bonds is 12. The predicted molar refractivity (Wildman–Crippen MR) is 256 cm³/mol. The zero-order valence-corrected chi connectivity index (χ0v) is 49.8. The Morgan fingerprint density at radius 1 is 0.360 bits per heavy atom. The number of hydrogen-bond donors (Lipinski definition) is 0. The second kappa shape index (κ2) is 13.0. The average molecular weight is 941 g/mol. The standard InChI is InChI=1S/C38H82Ge2O2Si8/c1-43(2,3)35(44(4,5)6)39(36(45(7,8)9)46(10,11)12)29-25-26-30-34-32(28-27-31(41-39)33(29)34)42-40(30,37(47(13,14)15)48(16,17)18)38(49(19,20)21)50(22,23)24/h25-30,35-38H,1-24H3/t29-,30-/m1/s1. The molecule has 0 unspecified atom stereocenters. The summed E-state index contributed by atoms with van der Waals surface area (Å²) in [7, 11) is -12.9. The van der Waals surface area contributed by atoms with Crippen molar-refractivity contribution in [2.45, 2.75) is 183 Å². The molecule has 0 spiro atoms. The van der Waals surface area contributed by atoms with E-state index < -0.39 is 91.8 Å². The van der Waals surface area contributed by atoms with Gasteiger partial charge in [-0.1, -0.05) is 0 Å². The summed E-state index contributed by atoms with van der Waals surface area (Å²) in [6.45, 7) is 65.7. The molecular weight excluding hydrogens is 858 g/mol. The van der Waals surface area contributed by atoms with E-state index >= 15 is 0 Å². The van der Waals surface area contributed by atoms with Gasteiger partial charge in [-0.15, -0.1) is 0 Å². The van der Waals surface area contributed by atoms with Crippen molar-refractivity contribution in [2.24, 2.45) is 0 Å². The van der Waals surface area contributed by atoms with E-state index in [9.17, 15) is 0 Å². The van der Waals surface area contributed by atoms with E-state index in [2.05, 4.69) is 181 Å².